The monoisotopic (exact) mass is 241 g/mol. The van der Waals surface area contributed by atoms with Gasteiger partial charge in [-0.3, -0.25) is 0 Å². The zero-order valence-electron chi connectivity index (χ0n) is 10.7. The van der Waals surface area contributed by atoms with Crippen molar-refractivity contribution in [1.29, 1.82) is 0 Å². The van der Waals surface area contributed by atoms with E-state index < -0.39 is 0 Å². The maximum Gasteiger partial charge on any atom is 0.112 e. The van der Waals surface area contributed by atoms with Gasteiger partial charge in [0.2, 0.25) is 0 Å². The molecule has 3 nitrogen and oxygen atoms in total. The predicted octanol–water partition coefficient (Wildman–Crippen LogP) is 2.21. The molecule has 1 heterocycles. The van der Waals surface area contributed by atoms with E-state index in [0.29, 0.717) is 5.92 Å². The first-order valence-corrected chi connectivity index (χ1v) is 6.80. The van der Waals surface area contributed by atoms with Gasteiger partial charge in [-0.25, -0.2) is 4.98 Å². The third-order valence-electron chi connectivity index (χ3n) is 2.60. The number of thiazole rings is 1. The summed E-state index contributed by atoms with van der Waals surface area (Å²) in [6.45, 7) is 11.9. The molecule has 0 aliphatic heterocycles. The Bertz CT molecular complexity index is 282. The summed E-state index contributed by atoms with van der Waals surface area (Å²) in [6, 6.07) is 0. The first kappa shape index (κ1) is 13.6. The molecule has 1 atom stereocenters. The Hall–Kier alpha value is -0.450. The molecule has 2 N–H and O–H groups in total. The van der Waals surface area contributed by atoms with Crippen LogP contribution in [0.25, 0.3) is 0 Å². The van der Waals surface area contributed by atoms with E-state index in [1.54, 1.807) is 11.3 Å². The summed E-state index contributed by atoms with van der Waals surface area (Å²) in [5, 5.41) is 10.1. The van der Waals surface area contributed by atoms with E-state index in [9.17, 15) is 0 Å². The highest BCUT2D eigenvalue weighted by Crippen LogP contribution is 2.21. The van der Waals surface area contributed by atoms with Crippen molar-refractivity contribution in [2.45, 2.75) is 33.2 Å². The zero-order chi connectivity index (χ0) is 12.0. The highest BCUT2D eigenvalue weighted by atomic mass is 32.1. The molecule has 0 aromatic carbocycles. The zero-order valence-corrected chi connectivity index (χ0v) is 11.5. The van der Waals surface area contributed by atoms with Crippen LogP contribution in [0, 0.1) is 5.92 Å². The number of aromatic nitrogens is 1. The van der Waals surface area contributed by atoms with Gasteiger partial charge >= 0.3 is 0 Å². The second-order valence-electron chi connectivity index (χ2n) is 4.76. The van der Waals surface area contributed by atoms with E-state index in [-0.39, 0.29) is 5.54 Å². The Morgan fingerprint density at radius 3 is 2.75 bits per heavy atom. The Balaban J connectivity index is 2.36. The maximum absolute atomic E-state index is 4.37. The van der Waals surface area contributed by atoms with Gasteiger partial charge in [0.05, 0.1) is 5.54 Å². The van der Waals surface area contributed by atoms with Crippen molar-refractivity contribution >= 4 is 11.3 Å². The second kappa shape index (κ2) is 6.33. The van der Waals surface area contributed by atoms with Gasteiger partial charge in [0.25, 0.3) is 0 Å². The van der Waals surface area contributed by atoms with Gasteiger partial charge in [0.15, 0.2) is 0 Å². The van der Waals surface area contributed by atoms with E-state index in [1.807, 2.05) is 11.6 Å². The fraction of sp³-hybridized carbons (Fsp3) is 0.750. The van der Waals surface area contributed by atoms with E-state index in [1.165, 1.54) is 0 Å². The standard InChI is InChI=1S/C12H23N3S/c1-5-13-8-10(2)9-15-12(3,4)11-14-6-7-16-11/h6-7,10,13,15H,5,8-9H2,1-4H3. The maximum atomic E-state index is 4.37. The van der Waals surface area contributed by atoms with Gasteiger partial charge in [0.1, 0.15) is 5.01 Å². The van der Waals surface area contributed by atoms with Crippen LogP contribution in [-0.4, -0.2) is 24.6 Å². The van der Waals surface area contributed by atoms with Crippen LogP contribution in [0.5, 0.6) is 0 Å². The third-order valence-corrected chi connectivity index (χ3v) is 3.70. The molecule has 92 valence electrons. The van der Waals surface area contributed by atoms with Gasteiger partial charge in [-0.05, 0) is 39.4 Å². The molecule has 0 radical (unpaired) electrons. The Labute approximate surface area is 103 Å². The van der Waals surface area contributed by atoms with Crippen LogP contribution in [0.4, 0.5) is 0 Å². The summed E-state index contributed by atoms with van der Waals surface area (Å²) in [5.74, 6) is 0.638. The topological polar surface area (TPSA) is 37.0 Å². The molecule has 1 aromatic rings. The van der Waals surface area contributed by atoms with Gasteiger partial charge < -0.3 is 10.6 Å². The van der Waals surface area contributed by atoms with E-state index >= 15 is 0 Å². The average Bonchev–Trinajstić information content (AvgIpc) is 2.77. The molecule has 1 rings (SSSR count). The van der Waals surface area contributed by atoms with Crippen molar-refractivity contribution in [3.05, 3.63) is 16.6 Å². The lowest BCUT2D eigenvalue weighted by atomic mass is 10.0. The van der Waals surface area contributed by atoms with Crippen molar-refractivity contribution in [2.75, 3.05) is 19.6 Å². The lowest BCUT2D eigenvalue weighted by Crippen LogP contribution is -2.40. The highest BCUT2D eigenvalue weighted by molar-refractivity contribution is 7.09. The first-order valence-electron chi connectivity index (χ1n) is 5.92. The summed E-state index contributed by atoms with van der Waals surface area (Å²) in [4.78, 5) is 4.37. The van der Waals surface area contributed by atoms with Crippen molar-refractivity contribution < 1.29 is 0 Å². The molecule has 0 saturated heterocycles. The Morgan fingerprint density at radius 1 is 1.44 bits per heavy atom. The molecule has 0 saturated carbocycles. The summed E-state index contributed by atoms with van der Waals surface area (Å²) >= 11 is 1.71. The van der Waals surface area contributed by atoms with Crippen LogP contribution < -0.4 is 10.6 Å². The molecular weight excluding hydrogens is 218 g/mol. The quantitative estimate of drug-likeness (QED) is 0.768. The highest BCUT2D eigenvalue weighted by Gasteiger charge is 2.22. The summed E-state index contributed by atoms with van der Waals surface area (Å²) in [7, 11) is 0. The van der Waals surface area contributed by atoms with Crippen LogP contribution in [-0.2, 0) is 5.54 Å². The molecule has 1 unspecified atom stereocenters. The first-order chi connectivity index (χ1) is 7.56. The molecule has 0 fully saturated rings. The predicted molar refractivity (Wildman–Crippen MR) is 70.9 cm³/mol. The third kappa shape index (κ3) is 4.20. The Kier molecular flexibility index (Phi) is 5.38. The number of hydrogen-bond donors (Lipinski definition) is 2. The number of nitrogens with one attached hydrogen (secondary N) is 2. The normalized spacial score (nSPS) is 14.0. The molecule has 0 spiro atoms. The molecular formula is C12H23N3S. The fourth-order valence-corrected chi connectivity index (χ4v) is 2.24. The minimum absolute atomic E-state index is 0.0192. The molecule has 0 amide bonds. The number of hydrogen-bond acceptors (Lipinski definition) is 4. The number of rotatable bonds is 7. The second-order valence-corrected chi connectivity index (χ2v) is 5.65. The van der Waals surface area contributed by atoms with E-state index in [0.717, 1.165) is 24.6 Å². The lowest BCUT2D eigenvalue weighted by Gasteiger charge is -2.26. The minimum atomic E-state index is -0.0192. The SMILES string of the molecule is CCNCC(C)CNC(C)(C)c1nccs1. The van der Waals surface area contributed by atoms with Gasteiger partial charge in [-0.1, -0.05) is 13.8 Å². The fourth-order valence-electron chi connectivity index (χ4n) is 1.50. The largest absolute Gasteiger partial charge is 0.317 e. The van der Waals surface area contributed by atoms with Crippen molar-refractivity contribution in [3.63, 3.8) is 0 Å². The lowest BCUT2D eigenvalue weighted by molar-refractivity contribution is 0.357. The van der Waals surface area contributed by atoms with Crippen LogP contribution in [0.2, 0.25) is 0 Å². The number of nitrogens with zero attached hydrogens (tertiary/aromatic N) is 1. The van der Waals surface area contributed by atoms with Gasteiger partial charge in [0, 0.05) is 11.6 Å². The minimum Gasteiger partial charge on any atom is -0.317 e. The molecule has 4 heteroatoms. The van der Waals surface area contributed by atoms with Crippen molar-refractivity contribution in [1.82, 2.24) is 15.6 Å². The average molecular weight is 241 g/mol. The molecule has 0 aliphatic carbocycles. The van der Waals surface area contributed by atoms with Crippen LogP contribution in [0.3, 0.4) is 0 Å². The molecule has 0 aliphatic rings. The van der Waals surface area contributed by atoms with E-state index in [2.05, 4.69) is 43.3 Å². The summed E-state index contributed by atoms with van der Waals surface area (Å²) in [6.07, 6.45) is 1.87. The van der Waals surface area contributed by atoms with Gasteiger partial charge in [-0.15, -0.1) is 11.3 Å². The van der Waals surface area contributed by atoms with Crippen molar-refractivity contribution in [3.8, 4) is 0 Å². The molecule has 0 bridgehead atoms. The summed E-state index contributed by atoms with van der Waals surface area (Å²) < 4.78 is 0. The molecule has 16 heavy (non-hydrogen) atoms. The summed E-state index contributed by atoms with van der Waals surface area (Å²) in [5.41, 5.74) is -0.0192. The Morgan fingerprint density at radius 2 is 2.19 bits per heavy atom. The van der Waals surface area contributed by atoms with Crippen LogP contribution >= 0.6 is 11.3 Å². The molecule has 1 aromatic heterocycles. The van der Waals surface area contributed by atoms with Crippen molar-refractivity contribution in [2.24, 2.45) is 5.92 Å². The smallest absolute Gasteiger partial charge is 0.112 e. The van der Waals surface area contributed by atoms with E-state index in [4.69, 9.17) is 0 Å². The van der Waals surface area contributed by atoms with Crippen LogP contribution in [0.1, 0.15) is 32.7 Å². The van der Waals surface area contributed by atoms with Gasteiger partial charge in [-0.2, -0.15) is 0 Å². The van der Waals surface area contributed by atoms with Crippen LogP contribution in [0.15, 0.2) is 11.6 Å².